The summed E-state index contributed by atoms with van der Waals surface area (Å²) < 4.78 is 0. The highest BCUT2D eigenvalue weighted by atomic mass is 35.5. The van der Waals surface area contributed by atoms with E-state index in [0.717, 1.165) is 0 Å². The summed E-state index contributed by atoms with van der Waals surface area (Å²) in [6.07, 6.45) is 0. The van der Waals surface area contributed by atoms with Gasteiger partial charge >= 0.3 is 0 Å². The molecule has 1 N–H and O–H groups in total. The van der Waals surface area contributed by atoms with Crippen LogP contribution in [-0.4, -0.2) is 6.01 Å². The van der Waals surface area contributed by atoms with Crippen molar-refractivity contribution < 1.29 is 0 Å². The van der Waals surface area contributed by atoms with E-state index in [1.54, 1.807) is 30.3 Å². The monoisotopic (exact) mass is 180 g/mol. The Morgan fingerprint density at radius 1 is 1.42 bits per heavy atom. The fraction of sp³-hybridized carbons (Fsp3) is 0. The second-order valence-electron chi connectivity index (χ2n) is 1.88. The van der Waals surface area contributed by atoms with E-state index in [4.69, 9.17) is 17.0 Å². The minimum atomic E-state index is 0.588. The van der Waals surface area contributed by atoms with Crippen LogP contribution in [0.4, 0.5) is 5.69 Å². The standard InChI is InChI=1S/C7H5ClN4/c8-6-2-1-3-7(4-6)11-12-10-5-9/h1-4,9H. The minimum absolute atomic E-state index is 0.588. The normalized spacial score (nSPS) is 9.75. The number of nitrogens with one attached hydrogen (secondary N) is 1. The van der Waals surface area contributed by atoms with Crippen molar-refractivity contribution in [1.29, 1.82) is 5.41 Å². The number of hydrogen-bond acceptors (Lipinski definition) is 3. The maximum Gasteiger partial charge on any atom is 0.116 e. The number of benzene rings is 1. The summed E-state index contributed by atoms with van der Waals surface area (Å²) in [5.41, 5.74) is 0.599. The van der Waals surface area contributed by atoms with Crippen LogP contribution in [0.2, 0.25) is 5.02 Å². The van der Waals surface area contributed by atoms with Crippen molar-refractivity contribution >= 4 is 23.3 Å². The van der Waals surface area contributed by atoms with Crippen molar-refractivity contribution in [2.75, 3.05) is 0 Å². The van der Waals surface area contributed by atoms with Crippen LogP contribution in [-0.2, 0) is 0 Å². The Hall–Kier alpha value is -1.51. The maximum atomic E-state index is 6.41. The summed E-state index contributed by atoms with van der Waals surface area (Å²) in [5.74, 6) is 0. The highest BCUT2D eigenvalue weighted by Crippen LogP contribution is 2.17. The van der Waals surface area contributed by atoms with Crippen LogP contribution in [0.5, 0.6) is 0 Å². The first-order valence-corrected chi connectivity index (χ1v) is 3.49. The van der Waals surface area contributed by atoms with Crippen molar-refractivity contribution in [2.45, 2.75) is 0 Å². The lowest BCUT2D eigenvalue weighted by Crippen LogP contribution is -1.63. The molecule has 0 atom stereocenters. The third-order valence-electron chi connectivity index (χ3n) is 1.06. The van der Waals surface area contributed by atoms with Gasteiger partial charge in [0.05, 0.1) is 5.69 Å². The van der Waals surface area contributed by atoms with E-state index >= 15 is 0 Å². The van der Waals surface area contributed by atoms with Crippen molar-refractivity contribution in [3.63, 3.8) is 0 Å². The molecular formula is C7H5ClN4. The predicted octanol–water partition coefficient (Wildman–Crippen LogP) is 3.09. The molecule has 5 heteroatoms. The quantitative estimate of drug-likeness (QED) is 0.413. The summed E-state index contributed by atoms with van der Waals surface area (Å²) in [4.78, 5) is 0. The molecule has 0 saturated carbocycles. The van der Waals surface area contributed by atoms with Crippen molar-refractivity contribution in [3.8, 4) is 0 Å². The molecule has 0 saturated heterocycles. The second-order valence-corrected chi connectivity index (χ2v) is 2.32. The van der Waals surface area contributed by atoms with Gasteiger partial charge < -0.3 is 0 Å². The van der Waals surface area contributed by atoms with Gasteiger partial charge in [0.15, 0.2) is 0 Å². The summed E-state index contributed by atoms with van der Waals surface area (Å²) >= 11 is 5.67. The molecule has 0 amide bonds. The lowest BCUT2D eigenvalue weighted by atomic mass is 10.3. The minimum Gasteiger partial charge on any atom is -0.240 e. The third-order valence-corrected chi connectivity index (χ3v) is 1.30. The predicted molar refractivity (Wildman–Crippen MR) is 46.1 cm³/mol. The molecule has 0 aliphatic carbocycles. The molecule has 12 heavy (non-hydrogen) atoms. The molecule has 0 unspecified atom stereocenters. The second kappa shape index (κ2) is 4.38. The Labute approximate surface area is 74.1 Å². The van der Waals surface area contributed by atoms with E-state index in [0.29, 0.717) is 10.7 Å². The molecule has 0 spiro atoms. The Balaban J connectivity index is 2.82. The number of hydrogen-bond donors (Lipinski definition) is 1. The van der Waals surface area contributed by atoms with Gasteiger partial charge in [-0.05, 0) is 23.4 Å². The first-order chi connectivity index (χ1) is 5.83. The maximum absolute atomic E-state index is 6.41. The molecule has 1 aromatic carbocycles. The van der Waals surface area contributed by atoms with Crippen LogP contribution < -0.4 is 0 Å². The Morgan fingerprint density at radius 2 is 2.25 bits per heavy atom. The Kier molecular flexibility index (Phi) is 3.14. The SMILES string of the molecule is N=C=NN=Nc1cccc(Cl)c1. The lowest BCUT2D eigenvalue weighted by Gasteiger charge is -1.89. The van der Waals surface area contributed by atoms with Gasteiger partial charge in [-0.2, -0.15) is 0 Å². The summed E-state index contributed by atoms with van der Waals surface area (Å²) in [5, 5.41) is 17.1. The first-order valence-electron chi connectivity index (χ1n) is 3.11. The highest BCUT2D eigenvalue weighted by Gasteiger charge is 1.89. The number of rotatable bonds is 2. The van der Waals surface area contributed by atoms with E-state index in [1.807, 2.05) is 0 Å². The van der Waals surface area contributed by atoms with Gasteiger partial charge in [-0.1, -0.05) is 22.8 Å². The molecule has 0 fully saturated rings. The van der Waals surface area contributed by atoms with E-state index in [9.17, 15) is 0 Å². The van der Waals surface area contributed by atoms with Crippen LogP contribution in [0.25, 0.3) is 0 Å². The number of nitrogens with zero attached hydrogens (tertiary/aromatic N) is 3. The van der Waals surface area contributed by atoms with E-state index in [2.05, 4.69) is 15.4 Å². The summed E-state index contributed by atoms with van der Waals surface area (Å²) in [6, 6.07) is 8.60. The molecule has 0 radical (unpaired) electrons. The molecular weight excluding hydrogens is 176 g/mol. The fourth-order valence-corrected chi connectivity index (χ4v) is 0.819. The zero-order valence-corrected chi connectivity index (χ0v) is 6.78. The van der Waals surface area contributed by atoms with Gasteiger partial charge in [-0.25, -0.2) is 5.41 Å². The highest BCUT2D eigenvalue weighted by molar-refractivity contribution is 6.30. The molecule has 0 heterocycles. The van der Waals surface area contributed by atoms with Gasteiger partial charge in [0, 0.05) is 5.02 Å². The molecule has 0 aliphatic heterocycles. The Morgan fingerprint density at radius 3 is 2.92 bits per heavy atom. The van der Waals surface area contributed by atoms with Crippen molar-refractivity contribution in [1.82, 2.24) is 0 Å². The van der Waals surface area contributed by atoms with Gasteiger partial charge in [-0.15, -0.1) is 5.11 Å². The number of halogens is 1. The van der Waals surface area contributed by atoms with Gasteiger partial charge in [0.25, 0.3) is 0 Å². The smallest absolute Gasteiger partial charge is 0.116 e. The van der Waals surface area contributed by atoms with Crippen molar-refractivity contribution in [3.05, 3.63) is 29.3 Å². The summed E-state index contributed by atoms with van der Waals surface area (Å²) in [6.45, 7) is 0. The van der Waals surface area contributed by atoms with E-state index < -0.39 is 0 Å². The summed E-state index contributed by atoms with van der Waals surface area (Å²) in [7, 11) is 0. The van der Waals surface area contributed by atoms with Gasteiger partial charge in [0.1, 0.15) is 6.01 Å². The van der Waals surface area contributed by atoms with Crippen molar-refractivity contribution in [2.24, 2.45) is 15.4 Å². The third kappa shape index (κ3) is 2.62. The van der Waals surface area contributed by atoms with Crippen LogP contribution in [0.15, 0.2) is 39.7 Å². The zero-order valence-electron chi connectivity index (χ0n) is 6.03. The van der Waals surface area contributed by atoms with E-state index in [-0.39, 0.29) is 0 Å². The largest absolute Gasteiger partial charge is 0.240 e. The van der Waals surface area contributed by atoms with Crippen LogP contribution >= 0.6 is 11.6 Å². The lowest BCUT2D eigenvalue weighted by molar-refractivity contribution is 1.06. The zero-order chi connectivity index (χ0) is 8.81. The topological polar surface area (TPSA) is 60.9 Å². The molecule has 4 nitrogen and oxygen atoms in total. The Bertz CT molecular complexity index is 341. The fourth-order valence-electron chi connectivity index (χ4n) is 0.635. The van der Waals surface area contributed by atoms with Crippen LogP contribution in [0, 0.1) is 5.41 Å². The average molecular weight is 181 g/mol. The molecule has 1 rings (SSSR count). The van der Waals surface area contributed by atoms with E-state index in [1.165, 1.54) is 0 Å². The van der Waals surface area contributed by atoms with Crippen LogP contribution in [0.3, 0.4) is 0 Å². The molecule has 0 aliphatic rings. The van der Waals surface area contributed by atoms with Gasteiger partial charge in [-0.3, -0.25) is 0 Å². The van der Waals surface area contributed by atoms with Crippen LogP contribution in [0.1, 0.15) is 0 Å². The first kappa shape index (κ1) is 8.59. The van der Waals surface area contributed by atoms with Gasteiger partial charge in [0.2, 0.25) is 0 Å². The average Bonchev–Trinajstić information content (AvgIpc) is 2.05. The molecule has 0 aromatic heterocycles. The molecule has 60 valence electrons. The molecule has 1 aromatic rings. The molecule has 0 bridgehead atoms.